The maximum atomic E-state index is 12.8. The van der Waals surface area contributed by atoms with E-state index in [1.54, 1.807) is 7.11 Å². The molecule has 146 valence electrons. The molecule has 1 fully saturated rings. The van der Waals surface area contributed by atoms with Crippen molar-refractivity contribution in [3.8, 4) is 11.1 Å². The van der Waals surface area contributed by atoms with E-state index in [1.807, 2.05) is 49.4 Å². The van der Waals surface area contributed by atoms with Crippen LogP contribution >= 0.6 is 11.6 Å². The van der Waals surface area contributed by atoms with Crippen molar-refractivity contribution in [2.45, 2.75) is 44.3 Å². The lowest BCUT2D eigenvalue weighted by atomic mass is 9.81. The van der Waals surface area contributed by atoms with E-state index in [0.717, 1.165) is 29.5 Å². The van der Waals surface area contributed by atoms with Gasteiger partial charge in [-0.2, -0.15) is 0 Å². The second-order valence-electron chi connectivity index (χ2n) is 7.58. The van der Waals surface area contributed by atoms with E-state index in [0.29, 0.717) is 23.4 Å². The fourth-order valence-electron chi connectivity index (χ4n) is 4.18. The number of methoxy groups -OCH3 is 1. The quantitative estimate of drug-likeness (QED) is 0.696. The summed E-state index contributed by atoms with van der Waals surface area (Å²) in [6.45, 7) is 1.93. The number of aryl methyl sites for hydroxylation is 1. The molecule has 0 amide bonds. The van der Waals surface area contributed by atoms with Gasteiger partial charge in [0.15, 0.2) is 11.4 Å². The Morgan fingerprint density at radius 2 is 1.75 bits per heavy atom. The van der Waals surface area contributed by atoms with Gasteiger partial charge in [0, 0.05) is 12.1 Å². The number of carbonyl (C=O) groups excluding carboxylic acids is 1. The zero-order chi connectivity index (χ0) is 19.9. The molecule has 2 aromatic carbocycles. The van der Waals surface area contributed by atoms with E-state index in [-0.39, 0.29) is 17.4 Å². The van der Waals surface area contributed by atoms with Crippen LogP contribution in [0.2, 0.25) is 5.02 Å². The molecule has 2 aliphatic rings. The van der Waals surface area contributed by atoms with Crippen LogP contribution in [0.3, 0.4) is 0 Å². The summed E-state index contributed by atoms with van der Waals surface area (Å²) in [5.41, 5.74) is 2.94. The summed E-state index contributed by atoms with van der Waals surface area (Å²) in [7, 11) is 1.69. The third-order valence-corrected chi connectivity index (χ3v) is 6.17. The van der Waals surface area contributed by atoms with Crippen LogP contribution in [-0.2, 0) is 14.3 Å². The van der Waals surface area contributed by atoms with Crippen molar-refractivity contribution in [3.63, 3.8) is 0 Å². The number of hydrogen-bond donors (Lipinski definition) is 1. The molecule has 0 unspecified atom stereocenters. The summed E-state index contributed by atoms with van der Waals surface area (Å²) in [6, 6.07) is 13.4. The van der Waals surface area contributed by atoms with Crippen LogP contribution in [0.25, 0.3) is 16.7 Å². The largest absolute Gasteiger partial charge is 0.507 e. The van der Waals surface area contributed by atoms with Crippen molar-refractivity contribution in [2.75, 3.05) is 7.11 Å². The molecule has 0 saturated heterocycles. The fraction of sp³-hybridized carbons (Fsp3) is 0.348. The highest BCUT2D eigenvalue weighted by molar-refractivity contribution is 6.30. The predicted octanol–water partition coefficient (Wildman–Crippen LogP) is 5.47. The molecule has 0 radical (unpaired) electrons. The first-order valence-electron chi connectivity index (χ1n) is 9.50. The maximum Gasteiger partial charge on any atom is 0.343 e. The van der Waals surface area contributed by atoms with E-state index in [4.69, 9.17) is 21.1 Å². The van der Waals surface area contributed by atoms with Crippen LogP contribution in [0.5, 0.6) is 0 Å². The summed E-state index contributed by atoms with van der Waals surface area (Å²) in [5, 5.41) is 11.7. The lowest BCUT2D eigenvalue weighted by Crippen LogP contribution is -2.38. The van der Waals surface area contributed by atoms with Crippen molar-refractivity contribution in [3.05, 3.63) is 64.4 Å². The van der Waals surface area contributed by atoms with Crippen LogP contribution in [0.1, 0.15) is 36.8 Å². The van der Waals surface area contributed by atoms with Gasteiger partial charge in [0.05, 0.1) is 6.10 Å². The Labute approximate surface area is 169 Å². The number of aliphatic hydroxyl groups excluding tert-OH is 1. The maximum absolute atomic E-state index is 12.8. The number of aliphatic hydroxyl groups is 1. The second kappa shape index (κ2) is 7.26. The van der Waals surface area contributed by atoms with Gasteiger partial charge < -0.3 is 14.6 Å². The third-order valence-electron chi connectivity index (χ3n) is 5.92. The number of benzene rings is 2. The smallest absolute Gasteiger partial charge is 0.343 e. The van der Waals surface area contributed by atoms with Crippen LogP contribution in [0.4, 0.5) is 0 Å². The molecule has 1 spiro atoms. The van der Waals surface area contributed by atoms with E-state index in [9.17, 15) is 9.90 Å². The van der Waals surface area contributed by atoms with Crippen LogP contribution in [0, 0.1) is 6.92 Å². The Morgan fingerprint density at radius 1 is 1.11 bits per heavy atom. The number of halogens is 1. The molecule has 1 aliphatic heterocycles. The first-order valence-corrected chi connectivity index (χ1v) is 9.88. The van der Waals surface area contributed by atoms with Crippen molar-refractivity contribution in [1.82, 2.24) is 0 Å². The zero-order valence-corrected chi connectivity index (χ0v) is 16.8. The number of carbonyl (C=O) groups is 1. The second-order valence-corrected chi connectivity index (χ2v) is 8.02. The van der Waals surface area contributed by atoms with Gasteiger partial charge >= 0.3 is 5.97 Å². The first kappa shape index (κ1) is 19.0. The molecule has 0 atom stereocenters. The van der Waals surface area contributed by atoms with Gasteiger partial charge in [0.1, 0.15) is 5.57 Å². The summed E-state index contributed by atoms with van der Waals surface area (Å²) in [6.07, 6.45) is 2.80. The molecule has 28 heavy (non-hydrogen) atoms. The van der Waals surface area contributed by atoms with Crippen LogP contribution < -0.4 is 0 Å². The Kier molecular flexibility index (Phi) is 4.94. The highest BCUT2D eigenvalue weighted by Crippen LogP contribution is 2.46. The number of esters is 1. The van der Waals surface area contributed by atoms with Gasteiger partial charge in [0.2, 0.25) is 0 Å². The van der Waals surface area contributed by atoms with Gasteiger partial charge in [-0.15, -0.1) is 0 Å². The molecular weight excluding hydrogens is 376 g/mol. The predicted molar refractivity (Wildman–Crippen MR) is 109 cm³/mol. The number of hydrogen-bond acceptors (Lipinski definition) is 4. The molecule has 1 aliphatic carbocycles. The molecule has 2 aromatic rings. The van der Waals surface area contributed by atoms with Gasteiger partial charge in [-0.3, -0.25) is 0 Å². The highest BCUT2D eigenvalue weighted by Gasteiger charge is 2.50. The van der Waals surface area contributed by atoms with Crippen molar-refractivity contribution >= 4 is 23.1 Å². The number of rotatable bonds is 3. The summed E-state index contributed by atoms with van der Waals surface area (Å²) in [4.78, 5) is 12.8. The lowest BCUT2D eigenvalue weighted by molar-refractivity contribution is -0.151. The van der Waals surface area contributed by atoms with Crippen molar-refractivity contribution in [2.24, 2.45) is 0 Å². The number of ether oxygens (including phenoxy) is 2. The minimum atomic E-state index is -0.913. The zero-order valence-electron chi connectivity index (χ0n) is 16.0. The first-order chi connectivity index (χ1) is 13.4. The van der Waals surface area contributed by atoms with Crippen LogP contribution in [-0.4, -0.2) is 29.9 Å². The third kappa shape index (κ3) is 3.21. The van der Waals surface area contributed by atoms with E-state index in [2.05, 4.69) is 0 Å². The molecule has 5 heteroatoms. The normalized spacial score (nSPS) is 24.7. The molecular formula is C23H23ClO4. The van der Waals surface area contributed by atoms with E-state index in [1.165, 1.54) is 0 Å². The van der Waals surface area contributed by atoms with Gasteiger partial charge in [-0.25, -0.2) is 4.79 Å². The van der Waals surface area contributed by atoms with Gasteiger partial charge in [-0.05, 0) is 73.1 Å². The monoisotopic (exact) mass is 398 g/mol. The molecule has 0 bridgehead atoms. The SMILES string of the molecule is COC1CCC2(CC1)OC(=O)C(c1cc(-c3ccc(Cl)cc3)ccc1C)=C2O. The van der Waals surface area contributed by atoms with E-state index >= 15 is 0 Å². The molecule has 4 nitrogen and oxygen atoms in total. The minimum Gasteiger partial charge on any atom is -0.507 e. The Hall–Kier alpha value is -2.30. The van der Waals surface area contributed by atoms with Crippen LogP contribution in [0.15, 0.2) is 48.2 Å². The summed E-state index contributed by atoms with van der Waals surface area (Å²) in [5.74, 6) is -0.395. The molecule has 1 heterocycles. The standard InChI is InChI=1S/C23H23ClO4/c1-14-3-4-16(15-5-7-17(24)8-6-15)13-19(14)20-21(25)23(28-22(20)26)11-9-18(27-2)10-12-23/h3-8,13,18,25H,9-12H2,1-2H3. The summed E-state index contributed by atoms with van der Waals surface area (Å²) >= 11 is 5.99. The average molecular weight is 399 g/mol. The Morgan fingerprint density at radius 3 is 2.39 bits per heavy atom. The van der Waals surface area contributed by atoms with Gasteiger partial charge in [0.25, 0.3) is 0 Å². The Balaban J connectivity index is 1.74. The molecule has 4 rings (SSSR count). The topological polar surface area (TPSA) is 55.8 Å². The minimum absolute atomic E-state index is 0.0587. The highest BCUT2D eigenvalue weighted by atomic mass is 35.5. The van der Waals surface area contributed by atoms with Gasteiger partial charge in [-0.1, -0.05) is 35.9 Å². The fourth-order valence-corrected chi connectivity index (χ4v) is 4.31. The molecule has 1 N–H and O–H groups in total. The molecule has 0 aromatic heterocycles. The van der Waals surface area contributed by atoms with Crippen molar-refractivity contribution < 1.29 is 19.4 Å². The molecule has 1 saturated carbocycles. The van der Waals surface area contributed by atoms with Crippen molar-refractivity contribution in [1.29, 1.82) is 0 Å². The Bertz CT molecular complexity index is 938. The van der Waals surface area contributed by atoms with E-state index < -0.39 is 11.6 Å². The lowest BCUT2D eigenvalue weighted by Gasteiger charge is -2.35. The summed E-state index contributed by atoms with van der Waals surface area (Å²) < 4.78 is 11.2. The average Bonchev–Trinajstić information content (AvgIpc) is 2.93.